The van der Waals surface area contributed by atoms with Gasteiger partial charge in [0, 0.05) is 25.4 Å². The molecule has 1 amide bonds. The number of carbonyl (C=O) groups excluding carboxylic acids is 1. The van der Waals surface area contributed by atoms with Crippen LogP contribution in [0.15, 0.2) is 6.07 Å². The number of amides is 1. The maximum absolute atomic E-state index is 12.4. The van der Waals surface area contributed by atoms with Gasteiger partial charge in [-0.1, -0.05) is 13.3 Å². The van der Waals surface area contributed by atoms with E-state index in [4.69, 9.17) is 4.74 Å². The fourth-order valence-electron chi connectivity index (χ4n) is 3.30. The van der Waals surface area contributed by atoms with Gasteiger partial charge in [0.15, 0.2) is 0 Å². The van der Waals surface area contributed by atoms with Crippen LogP contribution in [0.25, 0.3) is 0 Å². The van der Waals surface area contributed by atoms with Crippen molar-refractivity contribution < 1.29 is 9.53 Å². The molecule has 0 aliphatic carbocycles. The molecule has 2 fully saturated rings. The Bertz CT molecular complexity index is 467. The van der Waals surface area contributed by atoms with Crippen molar-refractivity contribution in [1.82, 2.24) is 15.1 Å². The molecule has 0 aromatic carbocycles. The molecule has 0 saturated carbocycles. The lowest BCUT2D eigenvalue weighted by atomic mass is 9.88. The minimum atomic E-state index is 0.0523. The average molecular weight is 277 g/mol. The zero-order chi connectivity index (χ0) is 14.0. The van der Waals surface area contributed by atoms with Gasteiger partial charge in [-0.15, -0.1) is 0 Å². The molecule has 1 aromatic heterocycles. The summed E-state index contributed by atoms with van der Waals surface area (Å²) in [7, 11) is 0. The van der Waals surface area contributed by atoms with E-state index in [9.17, 15) is 4.79 Å². The zero-order valence-electron chi connectivity index (χ0n) is 12.2. The summed E-state index contributed by atoms with van der Waals surface area (Å²) in [6.45, 7) is 4.57. The Kier molecular flexibility index (Phi) is 3.78. The molecule has 2 aliphatic heterocycles. The molecule has 3 heterocycles. The van der Waals surface area contributed by atoms with Crippen molar-refractivity contribution in [3.8, 4) is 0 Å². The van der Waals surface area contributed by atoms with Gasteiger partial charge in [-0.25, -0.2) is 0 Å². The van der Waals surface area contributed by atoms with Crippen molar-refractivity contribution in [3.63, 3.8) is 0 Å². The van der Waals surface area contributed by atoms with Crippen LogP contribution < -0.4 is 0 Å². The second kappa shape index (κ2) is 5.56. The monoisotopic (exact) mass is 277 g/mol. The molecule has 2 saturated heterocycles. The van der Waals surface area contributed by atoms with Crippen LogP contribution in [0.4, 0.5) is 0 Å². The first-order chi connectivity index (χ1) is 9.72. The van der Waals surface area contributed by atoms with E-state index in [2.05, 4.69) is 17.1 Å². The molecule has 0 atom stereocenters. The van der Waals surface area contributed by atoms with Crippen LogP contribution in [0.3, 0.4) is 0 Å². The molecule has 0 unspecified atom stereocenters. The molecule has 1 N–H and O–H groups in total. The number of nitrogens with zero attached hydrogens (tertiary/aromatic N) is 2. The summed E-state index contributed by atoms with van der Waals surface area (Å²) in [5.41, 5.74) is 1.66. The largest absolute Gasteiger partial charge is 0.375 e. The van der Waals surface area contributed by atoms with Crippen molar-refractivity contribution in [2.45, 2.75) is 51.0 Å². The molecular formula is C15H23N3O2. The number of hydrogen-bond donors (Lipinski definition) is 1. The molecule has 3 rings (SSSR count). The number of ether oxygens (including phenoxy) is 1. The predicted molar refractivity (Wildman–Crippen MR) is 75.6 cm³/mol. The van der Waals surface area contributed by atoms with Gasteiger partial charge in [-0.3, -0.25) is 9.89 Å². The van der Waals surface area contributed by atoms with Crippen molar-refractivity contribution in [2.24, 2.45) is 0 Å². The smallest absolute Gasteiger partial charge is 0.274 e. The first kappa shape index (κ1) is 13.6. The van der Waals surface area contributed by atoms with Gasteiger partial charge in [0.25, 0.3) is 5.91 Å². The van der Waals surface area contributed by atoms with Crippen LogP contribution in [0, 0.1) is 0 Å². The zero-order valence-corrected chi connectivity index (χ0v) is 12.2. The number of piperidine rings is 1. The van der Waals surface area contributed by atoms with E-state index in [1.807, 2.05) is 11.0 Å². The molecule has 5 heteroatoms. The quantitative estimate of drug-likeness (QED) is 0.921. The summed E-state index contributed by atoms with van der Waals surface area (Å²) in [4.78, 5) is 14.3. The summed E-state index contributed by atoms with van der Waals surface area (Å²) in [6.07, 6.45) is 6.23. The van der Waals surface area contributed by atoms with E-state index >= 15 is 0 Å². The van der Waals surface area contributed by atoms with Crippen molar-refractivity contribution in [2.75, 3.05) is 19.7 Å². The molecule has 0 bridgehead atoms. The number of aryl methyl sites for hydroxylation is 1. The summed E-state index contributed by atoms with van der Waals surface area (Å²) in [6, 6.07) is 1.89. The molecular weight excluding hydrogens is 254 g/mol. The molecule has 1 aromatic rings. The highest BCUT2D eigenvalue weighted by molar-refractivity contribution is 5.92. The third-order valence-electron chi connectivity index (χ3n) is 4.52. The third-order valence-corrected chi connectivity index (χ3v) is 4.52. The van der Waals surface area contributed by atoms with E-state index in [-0.39, 0.29) is 11.5 Å². The van der Waals surface area contributed by atoms with Crippen molar-refractivity contribution >= 4 is 5.91 Å². The molecule has 5 nitrogen and oxygen atoms in total. The molecule has 110 valence electrons. The Labute approximate surface area is 119 Å². The van der Waals surface area contributed by atoms with Gasteiger partial charge in [-0.05, 0) is 38.2 Å². The number of hydrogen-bond acceptors (Lipinski definition) is 3. The highest BCUT2D eigenvalue weighted by atomic mass is 16.5. The van der Waals surface area contributed by atoms with Crippen LogP contribution in [-0.4, -0.2) is 46.3 Å². The Hall–Kier alpha value is -1.36. The molecule has 1 spiro atoms. The maximum atomic E-state index is 12.4. The predicted octanol–water partition coefficient (Wildman–Crippen LogP) is 2.15. The maximum Gasteiger partial charge on any atom is 0.274 e. The van der Waals surface area contributed by atoms with E-state index < -0.39 is 0 Å². The standard InChI is InChI=1S/C15H23N3O2/c1-2-4-12-11-13(17-16-12)14(19)18-8-6-15(7-9-18)5-3-10-20-15/h11H,2-10H2,1H3,(H,16,17). The molecule has 20 heavy (non-hydrogen) atoms. The number of aromatic amines is 1. The lowest BCUT2D eigenvalue weighted by Crippen LogP contribution is -2.46. The Morgan fingerprint density at radius 1 is 1.45 bits per heavy atom. The normalized spacial score (nSPS) is 21.6. The lowest BCUT2D eigenvalue weighted by molar-refractivity contribution is -0.0388. The van der Waals surface area contributed by atoms with Crippen LogP contribution in [0.2, 0.25) is 0 Å². The van der Waals surface area contributed by atoms with Gasteiger partial charge < -0.3 is 9.64 Å². The van der Waals surface area contributed by atoms with Gasteiger partial charge in [-0.2, -0.15) is 5.10 Å². The number of H-pyrrole nitrogens is 1. The Morgan fingerprint density at radius 3 is 2.90 bits per heavy atom. The lowest BCUT2D eigenvalue weighted by Gasteiger charge is -2.38. The number of aromatic nitrogens is 2. The van der Waals surface area contributed by atoms with Gasteiger partial charge >= 0.3 is 0 Å². The third kappa shape index (κ3) is 2.59. The highest BCUT2D eigenvalue weighted by Crippen LogP contribution is 2.35. The Balaban J connectivity index is 1.60. The van der Waals surface area contributed by atoms with Crippen LogP contribution in [0.5, 0.6) is 0 Å². The van der Waals surface area contributed by atoms with E-state index in [0.717, 1.165) is 63.9 Å². The van der Waals surface area contributed by atoms with Crippen molar-refractivity contribution in [1.29, 1.82) is 0 Å². The topological polar surface area (TPSA) is 58.2 Å². The first-order valence-electron chi connectivity index (χ1n) is 7.70. The van der Waals surface area contributed by atoms with E-state index in [1.54, 1.807) is 0 Å². The SMILES string of the molecule is CCCc1cc(C(=O)N2CCC3(CCCO3)CC2)n[nH]1. The fourth-order valence-corrected chi connectivity index (χ4v) is 3.30. The fraction of sp³-hybridized carbons (Fsp3) is 0.733. The first-order valence-corrected chi connectivity index (χ1v) is 7.70. The average Bonchev–Trinajstić information content (AvgIpc) is 3.10. The minimum Gasteiger partial charge on any atom is -0.375 e. The number of rotatable bonds is 3. The van der Waals surface area contributed by atoms with Gasteiger partial charge in [0.1, 0.15) is 5.69 Å². The summed E-state index contributed by atoms with van der Waals surface area (Å²) in [5.74, 6) is 0.0523. The van der Waals surface area contributed by atoms with Crippen molar-refractivity contribution in [3.05, 3.63) is 17.5 Å². The number of carbonyl (C=O) groups is 1. The Morgan fingerprint density at radius 2 is 2.25 bits per heavy atom. The van der Waals surface area contributed by atoms with Crippen LogP contribution >= 0.6 is 0 Å². The molecule has 0 radical (unpaired) electrons. The minimum absolute atomic E-state index is 0.0523. The summed E-state index contributed by atoms with van der Waals surface area (Å²) < 4.78 is 5.89. The second-order valence-electron chi connectivity index (χ2n) is 5.96. The second-order valence-corrected chi connectivity index (χ2v) is 5.96. The highest BCUT2D eigenvalue weighted by Gasteiger charge is 2.39. The van der Waals surface area contributed by atoms with Gasteiger partial charge in [0.05, 0.1) is 5.60 Å². The summed E-state index contributed by atoms with van der Waals surface area (Å²) >= 11 is 0. The molecule has 2 aliphatic rings. The van der Waals surface area contributed by atoms with Crippen LogP contribution in [0.1, 0.15) is 55.2 Å². The number of nitrogens with one attached hydrogen (secondary N) is 1. The van der Waals surface area contributed by atoms with E-state index in [1.165, 1.54) is 0 Å². The number of likely N-dealkylation sites (tertiary alicyclic amines) is 1. The van der Waals surface area contributed by atoms with Crippen LogP contribution in [-0.2, 0) is 11.2 Å². The van der Waals surface area contributed by atoms with Gasteiger partial charge in [0.2, 0.25) is 0 Å². The van der Waals surface area contributed by atoms with E-state index in [0.29, 0.717) is 5.69 Å². The summed E-state index contributed by atoms with van der Waals surface area (Å²) in [5, 5.41) is 7.10.